The predicted molar refractivity (Wildman–Crippen MR) is 82.5 cm³/mol. The monoisotopic (exact) mass is 285 g/mol. The highest BCUT2D eigenvalue weighted by molar-refractivity contribution is 5.31. The standard InChI is InChI=1S/C17H23N3O/c1-12-4-5-14(10-13(12)2)11-15-19-16(21-20-15)17(3)6-8-18-9-7-17/h4-5,10,18H,6-9,11H2,1-3H3. The van der Waals surface area contributed by atoms with Crippen LogP contribution in [0.15, 0.2) is 22.7 Å². The number of piperidine rings is 1. The quantitative estimate of drug-likeness (QED) is 0.942. The second-order valence-corrected chi connectivity index (χ2v) is 6.42. The van der Waals surface area contributed by atoms with Gasteiger partial charge in [-0.2, -0.15) is 4.98 Å². The van der Waals surface area contributed by atoms with Crippen LogP contribution >= 0.6 is 0 Å². The summed E-state index contributed by atoms with van der Waals surface area (Å²) >= 11 is 0. The van der Waals surface area contributed by atoms with Crippen molar-refractivity contribution >= 4 is 0 Å². The lowest BCUT2D eigenvalue weighted by atomic mass is 9.81. The lowest BCUT2D eigenvalue weighted by Crippen LogP contribution is -2.37. The first-order valence-electron chi connectivity index (χ1n) is 7.67. The van der Waals surface area contributed by atoms with Crippen LogP contribution in [0, 0.1) is 13.8 Å². The van der Waals surface area contributed by atoms with E-state index >= 15 is 0 Å². The van der Waals surface area contributed by atoms with Gasteiger partial charge >= 0.3 is 0 Å². The summed E-state index contributed by atoms with van der Waals surface area (Å²) in [5.74, 6) is 1.58. The lowest BCUT2D eigenvalue weighted by Gasteiger charge is -2.30. The van der Waals surface area contributed by atoms with Gasteiger partial charge in [0.05, 0.1) is 0 Å². The topological polar surface area (TPSA) is 51.0 Å². The van der Waals surface area contributed by atoms with Crippen LogP contribution in [0.25, 0.3) is 0 Å². The SMILES string of the molecule is Cc1ccc(Cc2noc(C3(C)CCNCC3)n2)cc1C. The zero-order chi connectivity index (χ0) is 14.9. The van der Waals surface area contributed by atoms with Crippen LogP contribution < -0.4 is 5.32 Å². The van der Waals surface area contributed by atoms with Crippen LogP contribution in [0.4, 0.5) is 0 Å². The van der Waals surface area contributed by atoms with Gasteiger partial charge in [-0.15, -0.1) is 0 Å². The van der Waals surface area contributed by atoms with Crippen molar-refractivity contribution in [3.05, 3.63) is 46.6 Å². The first kappa shape index (κ1) is 14.3. The van der Waals surface area contributed by atoms with Crippen LogP contribution in [0.2, 0.25) is 0 Å². The summed E-state index contributed by atoms with van der Waals surface area (Å²) in [5.41, 5.74) is 3.89. The summed E-state index contributed by atoms with van der Waals surface area (Å²) in [4.78, 5) is 4.65. The van der Waals surface area contributed by atoms with Crippen LogP contribution in [-0.4, -0.2) is 23.2 Å². The van der Waals surface area contributed by atoms with Crippen molar-refractivity contribution in [2.45, 2.75) is 45.4 Å². The van der Waals surface area contributed by atoms with E-state index in [4.69, 9.17) is 4.52 Å². The van der Waals surface area contributed by atoms with Crippen molar-refractivity contribution in [1.82, 2.24) is 15.5 Å². The van der Waals surface area contributed by atoms with E-state index in [0.717, 1.165) is 44.1 Å². The van der Waals surface area contributed by atoms with Crippen LogP contribution in [-0.2, 0) is 11.8 Å². The smallest absolute Gasteiger partial charge is 0.232 e. The molecule has 1 aliphatic rings. The van der Waals surface area contributed by atoms with E-state index in [2.05, 4.69) is 54.4 Å². The molecule has 0 bridgehead atoms. The fraction of sp³-hybridized carbons (Fsp3) is 0.529. The van der Waals surface area contributed by atoms with Crippen LogP contribution in [0.5, 0.6) is 0 Å². The van der Waals surface area contributed by atoms with Crippen molar-refractivity contribution in [1.29, 1.82) is 0 Å². The van der Waals surface area contributed by atoms with Gasteiger partial charge in [0.15, 0.2) is 5.82 Å². The summed E-state index contributed by atoms with van der Waals surface area (Å²) < 4.78 is 5.54. The Balaban J connectivity index is 1.77. The molecule has 1 fully saturated rings. The Morgan fingerprint density at radius 1 is 1.19 bits per heavy atom. The Bertz CT molecular complexity index is 627. The Labute approximate surface area is 126 Å². The molecule has 21 heavy (non-hydrogen) atoms. The molecule has 0 aliphatic carbocycles. The fourth-order valence-electron chi connectivity index (χ4n) is 2.86. The molecule has 0 saturated carbocycles. The summed E-state index contributed by atoms with van der Waals surface area (Å²) in [5, 5.41) is 7.56. The van der Waals surface area contributed by atoms with Crippen molar-refractivity contribution < 1.29 is 4.52 Å². The number of benzene rings is 1. The maximum absolute atomic E-state index is 5.54. The molecule has 4 heteroatoms. The van der Waals surface area contributed by atoms with Gasteiger partial charge in [-0.3, -0.25) is 0 Å². The van der Waals surface area contributed by atoms with Crippen molar-refractivity contribution in [3.63, 3.8) is 0 Å². The minimum Gasteiger partial charge on any atom is -0.339 e. The van der Waals surface area contributed by atoms with Gasteiger partial charge in [-0.05, 0) is 56.5 Å². The minimum absolute atomic E-state index is 0.0275. The molecule has 0 radical (unpaired) electrons. The van der Waals surface area contributed by atoms with Gasteiger partial charge in [0.2, 0.25) is 5.89 Å². The number of nitrogens with one attached hydrogen (secondary N) is 1. The maximum Gasteiger partial charge on any atom is 0.232 e. The van der Waals surface area contributed by atoms with E-state index < -0.39 is 0 Å². The maximum atomic E-state index is 5.54. The Kier molecular flexibility index (Phi) is 3.81. The van der Waals surface area contributed by atoms with E-state index in [1.807, 2.05) is 0 Å². The molecule has 0 atom stereocenters. The van der Waals surface area contributed by atoms with Gasteiger partial charge in [-0.25, -0.2) is 0 Å². The van der Waals surface area contributed by atoms with E-state index in [1.54, 1.807) is 0 Å². The van der Waals surface area contributed by atoms with E-state index in [-0.39, 0.29) is 5.41 Å². The van der Waals surface area contributed by atoms with Gasteiger partial charge in [-0.1, -0.05) is 30.3 Å². The van der Waals surface area contributed by atoms with Crippen LogP contribution in [0.1, 0.15) is 48.2 Å². The molecule has 1 saturated heterocycles. The normalized spacial score (nSPS) is 17.9. The summed E-state index contributed by atoms with van der Waals surface area (Å²) in [6.07, 6.45) is 2.84. The molecule has 2 aromatic rings. The Morgan fingerprint density at radius 2 is 1.95 bits per heavy atom. The zero-order valence-corrected chi connectivity index (χ0v) is 13.1. The third kappa shape index (κ3) is 3.00. The van der Waals surface area contributed by atoms with E-state index in [0.29, 0.717) is 0 Å². The molecule has 112 valence electrons. The number of nitrogens with zero attached hydrogens (tertiary/aromatic N) is 2. The Morgan fingerprint density at radius 3 is 2.67 bits per heavy atom. The summed E-state index contributed by atoms with van der Waals surface area (Å²) in [6.45, 7) is 8.53. The lowest BCUT2D eigenvalue weighted by molar-refractivity contribution is 0.240. The number of aryl methyl sites for hydroxylation is 2. The number of hydrogen-bond donors (Lipinski definition) is 1. The van der Waals surface area contributed by atoms with Gasteiger partial charge in [0.1, 0.15) is 0 Å². The highest BCUT2D eigenvalue weighted by Crippen LogP contribution is 2.31. The average Bonchev–Trinajstić information content (AvgIpc) is 2.93. The second kappa shape index (κ2) is 5.60. The van der Waals surface area contributed by atoms with E-state index in [9.17, 15) is 0 Å². The highest BCUT2D eigenvalue weighted by atomic mass is 16.5. The molecule has 1 aliphatic heterocycles. The molecule has 1 aromatic heterocycles. The third-order valence-electron chi connectivity index (χ3n) is 4.63. The second-order valence-electron chi connectivity index (χ2n) is 6.42. The number of rotatable bonds is 3. The molecule has 1 N–H and O–H groups in total. The molecule has 3 rings (SSSR count). The van der Waals surface area contributed by atoms with Gasteiger partial charge in [0, 0.05) is 11.8 Å². The summed E-state index contributed by atoms with van der Waals surface area (Å²) in [7, 11) is 0. The molecule has 4 nitrogen and oxygen atoms in total. The number of hydrogen-bond acceptors (Lipinski definition) is 4. The first-order valence-corrected chi connectivity index (χ1v) is 7.67. The molecular weight excluding hydrogens is 262 g/mol. The third-order valence-corrected chi connectivity index (χ3v) is 4.63. The predicted octanol–water partition coefficient (Wildman–Crippen LogP) is 2.92. The van der Waals surface area contributed by atoms with Gasteiger partial charge < -0.3 is 9.84 Å². The molecule has 2 heterocycles. The van der Waals surface area contributed by atoms with E-state index in [1.165, 1.54) is 16.7 Å². The average molecular weight is 285 g/mol. The Hall–Kier alpha value is -1.68. The van der Waals surface area contributed by atoms with Crippen LogP contribution in [0.3, 0.4) is 0 Å². The molecule has 0 amide bonds. The molecular formula is C17H23N3O. The highest BCUT2D eigenvalue weighted by Gasteiger charge is 2.34. The fourth-order valence-corrected chi connectivity index (χ4v) is 2.86. The molecule has 0 spiro atoms. The van der Waals surface area contributed by atoms with Gasteiger partial charge in [0.25, 0.3) is 0 Å². The molecule has 1 aromatic carbocycles. The number of aromatic nitrogens is 2. The zero-order valence-electron chi connectivity index (χ0n) is 13.1. The van der Waals surface area contributed by atoms with Crippen molar-refractivity contribution in [2.75, 3.05) is 13.1 Å². The minimum atomic E-state index is 0.0275. The van der Waals surface area contributed by atoms with Crippen molar-refractivity contribution in [3.8, 4) is 0 Å². The van der Waals surface area contributed by atoms with Crippen molar-refractivity contribution in [2.24, 2.45) is 0 Å². The summed E-state index contributed by atoms with van der Waals surface area (Å²) in [6, 6.07) is 6.50. The largest absolute Gasteiger partial charge is 0.339 e. The molecule has 0 unspecified atom stereocenters. The first-order chi connectivity index (χ1) is 10.1.